The SMILES string of the molecule is NC(=O)[C@]1(NCc2cc3c(=O)oc4ccc(F)cc4c3[nH]2)CC[C@H](N2C(=O)COc3ncc(F)cc32)CC1. The van der Waals surface area contributed by atoms with Gasteiger partial charge in [0.1, 0.15) is 22.9 Å². The minimum absolute atomic E-state index is 0.174. The van der Waals surface area contributed by atoms with Crippen LogP contribution in [0, 0.1) is 11.6 Å². The number of nitrogens with zero attached hydrogens (tertiary/aromatic N) is 2. The second-order valence-electron chi connectivity index (χ2n) is 9.67. The lowest BCUT2D eigenvalue weighted by molar-refractivity contribution is -0.126. The number of carbonyl (C=O) groups is 2. The molecule has 0 saturated heterocycles. The molecule has 1 aromatic carbocycles. The number of pyridine rings is 1. The number of aromatic nitrogens is 2. The first-order valence-electron chi connectivity index (χ1n) is 12.1. The van der Waals surface area contributed by atoms with Crippen LogP contribution in [0.4, 0.5) is 14.5 Å². The number of carbonyl (C=O) groups excluding carboxylic acids is 2. The van der Waals surface area contributed by atoms with Gasteiger partial charge in [-0.05, 0) is 49.9 Å². The van der Waals surface area contributed by atoms with Crippen LogP contribution in [0.15, 0.2) is 45.7 Å². The topological polar surface area (TPSA) is 144 Å². The number of anilines is 1. The van der Waals surface area contributed by atoms with Crippen molar-refractivity contribution >= 4 is 39.4 Å². The smallest absolute Gasteiger partial charge is 0.345 e. The summed E-state index contributed by atoms with van der Waals surface area (Å²) in [6.07, 6.45) is 2.54. The quantitative estimate of drug-likeness (QED) is 0.341. The average Bonchev–Trinajstić information content (AvgIpc) is 3.34. The van der Waals surface area contributed by atoms with E-state index < -0.39 is 28.7 Å². The predicted octanol–water partition coefficient (Wildman–Crippen LogP) is 2.63. The Bertz CT molecular complexity index is 1660. The fourth-order valence-electron chi connectivity index (χ4n) is 5.48. The van der Waals surface area contributed by atoms with Crippen LogP contribution in [0.2, 0.25) is 0 Å². The van der Waals surface area contributed by atoms with Gasteiger partial charge >= 0.3 is 5.63 Å². The number of ether oxygens (including phenoxy) is 1. The Morgan fingerprint density at radius 3 is 2.71 bits per heavy atom. The lowest BCUT2D eigenvalue weighted by Crippen LogP contribution is -2.59. The van der Waals surface area contributed by atoms with Crippen LogP contribution >= 0.6 is 0 Å². The number of nitrogens with one attached hydrogen (secondary N) is 2. The van der Waals surface area contributed by atoms with E-state index in [1.54, 1.807) is 6.07 Å². The van der Waals surface area contributed by atoms with Crippen molar-refractivity contribution in [3.63, 3.8) is 0 Å². The van der Waals surface area contributed by atoms with Gasteiger partial charge in [0.05, 0.1) is 22.6 Å². The Balaban J connectivity index is 1.23. The number of primary amides is 1. The van der Waals surface area contributed by atoms with Gasteiger partial charge < -0.3 is 24.8 Å². The number of rotatable bonds is 5. The van der Waals surface area contributed by atoms with E-state index in [1.807, 2.05) is 0 Å². The molecule has 0 spiro atoms. The highest BCUT2D eigenvalue weighted by Crippen LogP contribution is 2.38. The van der Waals surface area contributed by atoms with Gasteiger partial charge in [-0.15, -0.1) is 0 Å². The highest BCUT2D eigenvalue weighted by molar-refractivity contribution is 6.02. The molecule has 0 unspecified atom stereocenters. The summed E-state index contributed by atoms with van der Waals surface area (Å²) in [6, 6.07) is 6.42. The van der Waals surface area contributed by atoms with Crippen LogP contribution in [0.1, 0.15) is 31.4 Å². The summed E-state index contributed by atoms with van der Waals surface area (Å²) in [7, 11) is 0. The van der Waals surface area contributed by atoms with Gasteiger partial charge in [-0.2, -0.15) is 0 Å². The van der Waals surface area contributed by atoms with E-state index in [1.165, 1.54) is 29.2 Å². The average molecular weight is 523 g/mol. The first-order chi connectivity index (χ1) is 18.2. The van der Waals surface area contributed by atoms with Crippen LogP contribution in [-0.4, -0.2) is 40.0 Å². The van der Waals surface area contributed by atoms with Gasteiger partial charge in [0, 0.05) is 29.7 Å². The van der Waals surface area contributed by atoms with Gasteiger partial charge in [0.25, 0.3) is 5.91 Å². The second kappa shape index (κ2) is 8.91. The molecule has 6 rings (SSSR count). The third kappa shape index (κ3) is 3.97. The minimum Gasteiger partial charge on any atom is -0.466 e. The number of hydrogen-bond acceptors (Lipinski definition) is 7. The van der Waals surface area contributed by atoms with Gasteiger partial charge in [-0.25, -0.2) is 18.6 Å². The van der Waals surface area contributed by atoms with E-state index in [0.717, 1.165) is 6.20 Å². The van der Waals surface area contributed by atoms with Crippen LogP contribution < -0.4 is 26.3 Å². The van der Waals surface area contributed by atoms with Crippen molar-refractivity contribution in [2.45, 2.75) is 43.8 Å². The molecule has 0 bridgehead atoms. The Kier molecular flexibility index (Phi) is 5.64. The Morgan fingerprint density at radius 1 is 1.16 bits per heavy atom. The van der Waals surface area contributed by atoms with E-state index in [-0.39, 0.29) is 47.6 Å². The molecule has 1 aliphatic heterocycles. The summed E-state index contributed by atoms with van der Waals surface area (Å²) >= 11 is 0. The summed E-state index contributed by atoms with van der Waals surface area (Å²) in [5, 5.41) is 3.93. The molecule has 1 saturated carbocycles. The predicted molar refractivity (Wildman–Crippen MR) is 132 cm³/mol. The zero-order chi connectivity index (χ0) is 26.6. The van der Waals surface area contributed by atoms with Crippen LogP contribution in [-0.2, 0) is 16.1 Å². The number of nitrogens with two attached hydrogens (primary N) is 1. The highest BCUT2D eigenvalue weighted by atomic mass is 19.1. The van der Waals surface area contributed by atoms with E-state index in [9.17, 15) is 23.2 Å². The first-order valence-corrected chi connectivity index (χ1v) is 12.1. The molecule has 0 radical (unpaired) electrons. The number of fused-ring (bicyclic) bond motifs is 4. The number of hydrogen-bond donors (Lipinski definition) is 3. The zero-order valence-corrected chi connectivity index (χ0v) is 20.1. The Morgan fingerprint density at radius 2 is 1.95 bits per heavy atom. The number of benzene rings is 1. The van der Waals surface area contributed by atoms with Gasteiger partial charge in [-0.3, -0.25) is 14.9 Å². The zero-order valence-electron chi connectivity index (χ0n) is 20.1. The van der Waals surface area contributed by atoms with Crippen molar-refractivity contribution in [1.82, 2.24) is 15.3 Å². The summed E-state index contributed by atoms with van der Waals surface area (Å²) in [5.41, 5.74) is 5.75. The summed E-state index contributed by atoms with van der Waals surface area (Å²) < 4.78 is 38.4. The highest BCUT2D eigenvalue weighted by Gasteiger charge is 2.44. The van der Waals surface area contributed by atoms with Crippen LogP contribution in [0.3, 0.4) is 0 Å². The molecule has 2 aliphatic rings. The molecular formula is C26H23F2N5O5. The first kappa shape index (κ1) is 24.0. The number of amides is 2. The van der Waals surface area contributed by atoms with Crippen molar-refractivity contribution in [2.75, 3.05) is 11.5 Å². The van der Waals surface area contributed by atoms with E-state index in [2.05, 4.69) is 15.3 Å². The van der Waals surface area contributed by atoms with Crippen molar-refractivity contribution in [3.05, 3.63) is 64.3 Å². The number of aromatic amines is 1. The normalized spacial score (nSPS) is 21.5. The molecular weight excluding hydrogens is 500 g/mol. The molecule has 0 atom stereocenters. The number of halogens is 2. The summed E-state index contributed by atoms with van der Waals surface area (Å²) in [6.45, 7) is -0.0265. The largest absolute Gasteiger partial charge is 0.466 e. The van der Waals surface area contributed by atoms with Crippen LogP contribution in [0.25, 0.3) is 21.9 Å². The molecule has 4 aromatic rings. The maximum Gasteiger partial charge on any atom is 0.345 e. The second-order valence-corrected chi connectivity index (χ2v) is 9.67. The van der Waals surface area contributed by atoms with Gasteiger partial charge in [0.15, 0.2) is 6.61 Å². The molecule has 1 fully saturated rings. The van der Waals surface area contributed by atoms with Crippen molar-refractivity contribution < 1.29 is 27.5 Å². The molecule has 196 valence electrons. The molecule has 2 amide bonds. The molecule has 38 heavy (non-hydrogen) atoms. The summed E-state index contributed by atoms with van der Waals surface area (Å²) in [4.78, 5) is 46.3. The number of H-pyrrole nitrogens is 1. The molecule has 1 aliphatic carbocycles. The van der Waals surface area contributed by atoms with E-state index in [0.29, 0.717) is 42.3 Å². The third-order valence-electron chi connectivity index (χ3n) is 7.43. The summed E-state index contributed by atoms with van der Waals surface area (Å²) in [5.74, 6) is -1.72. The fourth-order valence-corrected chi connectivity index (χ4v) is 5.48. The lowest BCUT2D eigenvalue weighted by atomic mass is 9.78. The fraction of sp³-hybridized carbons (Fsp3) is 0.308. The molecule has 4 heterocycles. The van der Waals surface area contributed by atoms with Crippen molar-refractivity contribution in [3.8, 4) is 5.88 Å². The van der Waals surface area contributed by atoms with E-state index in [4.69, 9.17) is 14.9 Å². The Labute approximate surface area is 213 Å². The standard InChI is InChI=1S/C26H23F2N5O5/c27-13-1-2-20-17(7-13)22-18(24(35)38-20)9-15(32-22)11-31-26(25(29)36)5-3-16(4-6-26)33-19-8-14(28)10-30-23(19)37-12-21(33)34/h1-2,7-10,16,31-32H,3-6,11-12H2,(H2,29,36)/t16-,26-. The maximum atomic E-state index is 13.9. The third-order valence-corrected chi connectivity index (χ3v) is 7.43. The monoisotopic (exact) mass is 523 g/mol. The van der Waals surface area contributed by atoms with Gasteiger partial charge in [0.2, 0.25) is 11.8 Å². The van der Waals surface area contributed by atoms with Crippen LogP contribution in [0.5, 0.6) is 5.88 Å². The maximum absolute atomic E-state index is 13.9. The molecule has 4 N–H and O–H groups in total. The molecule has 10 nitrogen and oxygen atoms in total. The minimum atomic E-state index is -1.06. The van der Waals surface area contributed by atoms with Crippen molar-refractivity contribution in [2.24, 2.45) is 5.73 Å². The molecule has 3 aromatic heterocycles. The van der Waals surface area contributed by atoms with E-state index >= 15 is 0 Å². The lowest BCUT2D eigenvalue weighted by Gasteiger charge is -2.43. The van der Waals surface area contributed by atoms with Gasteiger partial charge in [-0.1, -0.05) is 0 Å². The van der Waals surface area contributed by atoms with Crippen molar-refractivity contribution in [1.29, 1.82) is 0 Å². The Hall–Kier alpha value is -4.32. The molecule has 12 heteroatoms.